The molecule has 6 heteroatoms. The fourth-order valence-electron chi connectivity index (χ4n) is 3.49. The van der Waals surface area contributed by atoms with Crippen LogP contribution in [0.2, 0.25) is 0 Å². The summed E-state index contributed by atoms with van der Waals surface area (Å²) in [5, 5.41) is 19.1. The standard InChI is InChI=1S/C24H23N3O3/c28-22-8-6-18(10-17-4-2-1-3-5-17)11-20(22)7-9-23-25-12-19(13-26-23)14-27-15-21(16-27)24(29)30/h1-9,11-13,21,28H,10,14-16H2,(H,29,30)/b9-7+. The highest BCUT2D eigenvalue weighted by Crippen LogP contribution is 2.23. The minimum atomic E-state index is -0.737. The highest BCUT2D eigenvalue weighted by Gasteiger charge is 2.32. The monoisotopic (exact) mass is 401 g/mol. The minimum Gasteiger partial charge on any atom is -0.507 e. The lowest BCUT2D eigenvalue weighted by atomic mass is 10.0. The number of aromatic nitrogens is 2. The second-order valence-electron chi connectivity index (χ2n) is 7.57. The van der Waals surface area contributed by atoms with Crippen LogP contribution in [0.3, 0.4) is 0 Å². The summed E-state index contributed by atoms with van der Waals surface area (Å²) in [7, 11) is 0. The number of aliphatic carboxylic acids is 1. The summed E-state index contributed by atoms with van der Waals surface area (Å²) in [5.74, 6) is -0.235. The van der Waals surface area contributed by atoms with Gasteiger partial charge in [0.05, 0.1) is 5.92 Å². The number of rotatable bonds is 7. The molecular weight excluding hydrogens is 378 g/mol. The highest BCUT2D eigenvalue weighted by atomic mass is 16.4. The van der Waals surface area contributed by atoms with Crippen molar-refractivity contribution in [1.82, 2.24) is 14.9 Å². The Bertz CT molecular complexity index is 1040. The van der Waals surface area contributed by atoms with Crippen molar-refractivity contribution in [2.24, 2.45) is 5.92 Å². The number of hydrogen-bond donors (Lipinski definition) is 2. The number of carbonyl (C=O) groups is 1. The normalized spacial score (nSPS) is 14.7. The number of phenolic OH excluding ortho intramolecular Hbond substituents is 1. The molecule has 6 nitrogen and oxygen atoms in total. The van der Waals surface area contributed by atoms with Gasteiger partial charge in [-0.15, -0.1) is 0 Å². The molecule has 0 radical (unpaired) electrons. The fraction of sp³-hybridized carbons (Fsp3) is 0.208. The predicted molar refractivity (Wildman–Crippen MR) is 115 cm³/mol. The van der Waals surface area contributed by atoms with Crippen LogP contribution in [-0.4, -0.2) is 44.1 Å². The second kappa shape index (κ2) is 8.88. The molecule has 4 rings (SSSR count). The quantitative estimate of drug-likeness (QED) is 0.631. The van der Waals surface area contributed by atoms with E-state index >= 15 is 0 Å². The third-order valence-corrected chi connectivity index (χ3v) is 5.19. The average molecular weight is 401 g/mol. The van der Waals surface area contributed by atoms with E-state index in [0.717, 1.165) is 23.1 Å². The Hall–Kier alpha value is -3.51. The molecule has 0 saturated carbocycles. The van der Waals surface area contributed by atoms with Gasteiger partial charge in [0, 0.05) is 43.2 Å². The molecule has 1 saturated heterocycles. The van der Waals surface area contributed by atoms with E-state index in [1.807, 2.05) is 36.4 Å². The third kappa shape index (κ3) is 4.90. The molecule has 30 heavy (non-hydrogen) atoms. The van der Waals surface area contributed by atoms with E-state index in [4.69, 9.17) is 5.11 Å². The van der Waals surface area contributed by atoms with Crippen LogP contribution < -0.4 is 0 Å². The van der Waals surface area contributed by atoms with E-state index in [9.17, 15) is 9.90 Å². The van der Waals surface area contributed by atoms with Gasteiger partial charge >= 0.3 is 5.97 Å². The Balaban J connectivity index is 1.38. The SMILES string of the molecule is O=C(O)C1CN(Cc2cnc(/C=C/c3cc(Cc4ccccc4)ccc3O)nc2)C1. The van der Waals surface area contributed by atoms with Crippen LogP contribution >= 0.6 is 0 Å². The summed E-state index contributed by atoms with van der Waals surface area (Å²) in [6.07, 6.45) is 7.90. The van der Waals surface area contributed by atoms with Crippen molar-refractivity contribution >= 4 is 18.1 Å². The number of aromatic hydroxyl groups is 1. The summed E-state index contributed by atoms with van der Waals surface area (Å²) in [6.45, 7) is 1.78. The Morgan fingerprint density at radius 1 is 1.00 bits per heavy atom. The zero-order valence-corrected chi connectivity index (χ0v) is 16.5. The summed E-state index contributed by atoms with van der Waals surface area (Å²) < 4.78 is 0. The lowest BCUT2D eigenvalue weighted by Gasteiger charge is -2.36. The van der Waals surface area contributed by atoms with E-state index in [1.165, 1.54) is 5.56 Å². The van der Waals surface area contributed by atoms with Gasteiger partial charge in [-0.3, -0.25) is 9.69 Å². The van der Waals surface area contributed by atoms with Crippen LogP contribution in [0, 0.1) is 5.92 Å². The van der Waals surface area contributed by atoms with Gasteiger partial charge in [0.25, 0.3) is 0 Å². The van der Waals surface area contributed by atoms with Gasteiger partial charge < -0.3 is 10.2 Å². The van der Waals surface area contributed by atoms with E-state index in [0.29, 0.717) is 25.5 Å². The van der Waals surface area contributed by atoms with Gasteiger partial charge in [-0.2, -0.15) is 0 Å². The van der Waals surface area contributed by atoms with Crippen LogP contribution in [0.4, 0.5) is 0 Å². The van der Waals surface area contributed by atoms with Crippen molar-refractivity contribution < 1.29 is 15.0 Å². The van der Waals surface area contributed by atoms with Gasteiger partial charge in [0.2, 0.25) is 0 Å². The molecule has 1 aromatic heterocycles. The zero-order valence-electron chi connectivity index (χ0n) is 16.5. The molecule has 2 heterocycles. The Morgan fingerprint density at radius 2 is 1.73 bits per heavy atom. The number of phenols is 1. The van der Waals surface area contributed by atoms with Crippen LogP contribution in [0.1, 0.15) is 28.1 Å². The Labute approximate surface area is 175 Å². The molecule has 3 aromatic rings. The van der Waals surface area contributed by atoms with Crippen molar-refractivity contribution in [2.45, 2.75) is 13.0 Å². The van der Waals surface area contributed by atoms with Gasteiger partial charge in [-0.1, -0.05) is 36.4 Å². The van der Waals surface area contributed by atoms with Crippen molar-refractivity contribution in [1.29, 1.82) is 0 Å². The lowest BCUT2D eigenvalue weighted by molar-refractivity contribution is -0.147. The summed E-state index contributed by atoms with van der Waals surface area (Å²) >= 11 is 0. The molecule has 2 N–H and O–H groups in total. The zero-order chi connectivity index (χ0) is 20.9. The lowest BCUT2D eigenvalue weighted by Crippen LogP contribution is -2.49. The summed E-state index contributed by atoms with van der Waals surface area (Å²) in [6, 6.07) is 15.8. The molecule has 0 unspecified atom stereocenters. The summed E-state index contributed by atoms with van der Waals surface area (Å²) in [4.78, 5) is 21.6. The number of nitrogens with zero attached hydrogens (tertiary/aromatic N) is 3. The van der Waals surface area contributed by atoms with Crippen LogP contribution in [0.15, 0.2) is 60.9 Å². The van der Waals surface area contributed by atoms with Crippen molar-refractivity contribution in [3.63, 3.8) is 0 Å². The topological polar surface area (TPSA) is 86.5 Å². The van der Waals surface area contributed by atoms with E-state index < -0.39 is 5.97 Å². The molecule has 0 atom stereocenters. The van der Waals surface area contributed by atoms with Crippen LogP contribution in [0.5, 0.6) is 5.75 Å². The first kappa shape index (κ1) is 19.8. The molecule has 2 aromatic carbocycles. The first-order chi connectivity index (χ1) is 14.6. The third-order valence-electron chi connectivity index (χ3n) is 5.19. The van der Waals surface area contributed by atoms with Gasteiger partial charge in [-0.25, -0.2) is 9.97 Å². The van der Waals surface area contributed by atoms with E-state index in [1.54, 1.807) is 24.5 Å². The number of likely N-dealkylation sites (tertiary alicyclic amines) is 1. The molecular formula is C24H23N3O3. The predicted octanol–water partition coefficient (Wildman–Crippen LogP) is 3.46. The second-order valence-corrected chi connectivity index (χ2v) is 7.57. The summed E-state index contributed by atoms with van der Waals surface area (Å²) in [5.41, 5.74) is 4.00. The number of carboxylic acids is 1. The van der Waals surface area contributed by atoms with Crippen LogP contribution in [-0.2, 0) is 17.8 Å². The largest absolute Gasteiger partial charge is 0.507 e. The molecule has 0 aliphatic carbocycles. The first-order valence-electron chi connectivity index (χ1n) is 9.87. The maximum absolute atomic E-state index is 10.9. The average Bonchev–Trinajstić information content (AvgIpc) is 2.72. The van der Waals surface area contributed by atoms with Crippen molar-refractivity contribution in [3.05, 3.63) is 89.0 Å². The molecule has 1 aliphatic heterocycles. The number of benzene rings is 2. The fourth-order valence-corrected chi connectivity index (χ4v) is 3.49. The Kier molecular flexibility index (Phi) is 5.86. The molecule has 152 valence electrons. The van der Waals surface area contributed by atoms with Gasteiger partial charge in [-0.05, 0) is 41.8 Å². The number of carboxylic acid groups (broad SMARTS) is 1. The van der Waals surface area contributed by atoms with Crippen molar-refractivity contribution in [3.8, 4) is 5.75 Å². The molecule has 0 bridgehead atoms. The molecule has 0 amide bonds. The minimum absolute atomic E-state index is 0.213. The van der Waals surface area contributed by atoms with Gasteiger partial charge in [0.15, 0.2) is 5.82 Å². The van der Waals surface area contributed by atoms with E-state index in [2.05, 4.69) is 27.0 Å². The van der Waals surface area contributed by atoms with E-state index in [-0.39, 0.29) is 11.7 Å². The maximum atomic E-state index is 10.9. The van der Waals surface area contributed by atoms with Crippen LogP contribution in [0.25, 0.3) is 12.2 Å². The van der Waals surface area contributed by atoms with Gasteiger partial charge in [0.1, 0.15) is 5.75 Å². The highest BCUT2D eigenvalue weighted by molar-refractivity contribution is 5.71. The molecule has 1 aliphatic rings. The maximum Gasteiger partial charge on any atom is 0.309 e. The smallest absolute Gasteiger partial charge is 0.309 e. The Morgan fingerprint density at radius 3 is 2.43 bits per heavy atom. The first-order valence-corrected chi connectivity index (χ1v) is 9.87. The number of hydrogen-bond acceptors (Lipinski definition) is 5. The molecule has 1 fully saturated rings. The molecule has 0 spiro atoms. The van der Waals surface area contributed by atoms with Crippen molar-refractivity contribution in [2.75, 3.05) is 13.1 Å².